The molecule has 0 N–H and O–H groups in total. The Balaban J connectivity index is 1.81. The molecule has 3 rings (SSSR count). The molecule has 0 saturated heterocycles. The molecule has 5 heteroatoms. The molecule has 102 valence electrons. The van der Waals surface area contributed by atoms with Gasteiger partial charge in [0.15, 0.2) is 0 Å². The van der Waals surface area contributed by atoms with Gasteiger partial charge in [0.05, 0.1) is 17.2 Å². The van der Waals surface area contributed by atoms with Gasteiger partial charge < -0.3 is 0 Å². The summed E-state index contributed by atoms with van der Waals surface area (Å²) in [7, 11) is 0. The van der Waals surface area contributed by atoms with Crippen molar-refractivity contribution >= 4 is 15.9 Å². The molecule has 0 saturated carbocycles. The molecule has 0 atom stereocenters. The number of hydrogen-bond acceptors (Lipinski definition) is 2. The van der Waals surface area contributed by atoms with E-state index in [4.69, 9.17) is 0 Å². The fraction of sp³-hybridized carbons (Fsp3) is 0.200. The average Bonchev–Trinajstić information content (AvgIpc) is 2.91. The van der Waals surface area contributed by atoms with Crippen LogP contribution >= 0.6 is 15.9 Å². The fourth-order valence-electron chi connectivity index (χ4n) is 2.14. The van der Waals surface area contributed by atoms with E-state index in [1.807, 2.05) is 12.3 Å². The van der Waals surface area contributed by atoms with E-state index in [9.17, 15) is 4.39 Å². The topological polar surface area (TPSA) is 30.7 Å². The Morgan fingerprint density at radius 1 is 1.30 bits per heavy atom. The van der Waals surface area contributed by atoms with E-state index in [0.717, 1.165) is 18.4 Å². The summed E-state index contributed by atoms with van der Waals surface area (Å²) in [5, 5.41) is 8.20. The highest BCUT2D eigenvalue weighted by atomic mass is 79.9. The molecule has 1 heterocycles. The lowest BCUT2D eigenvalue weighted by Gasteiger charge is -2.05. The van der Waals surface area contributed by atoms with Gasteiger partial charge in [0.2, 0.25) is 0 Å². The second-order valence-corrected chi connectivity index (χ2v) is 5.54. The normalized spacial score (nSPS) is 14.4. The smallest absolute Gasteiger partial charge is 0.138 e. The average molecular weight is 334 g/mol. The van der Waals surface area contributed by atoms with E-state index in [1.165, 1.54) is 11.6 Å². The Labute approximate surface area is 124 Å². The Morgan fingerprint density at radius 2 is 2.20 bits per heavy atom. The third kappa shape index (κ3) is 2.88. The van der Waals surface area contributed by atoms with Gasteiger partial charge in [-0.15, -0.1) is 5.10 Å². The minimum atomic E-state index is -0.296. The lowest BCUT2D eigenvalue weighted by Crippen LogP contribution is -2.01. The van der Waals surface area contributed by atoms with E-state index >= 15 is 0 Å². The first kappa shape index (κ1) is 13.2. The van der Waals surface area contributed by atoms with Crippen molar-refractivity contribution in [1.82, 2.24) is 15.0 Å². The molecular weight excluding hydrogens is 321 g/mol. The number of benzene rings is 1. The van der Waals surface area contributed by atoms with Crippen LogP contribution in [0.25, 0.3) is 11.3 Å². The second kappa shape index (κ2) is 5.71. The fourth-order valence-corrected chi connectivity index (χ4v) is 2.38. The van der Waals surface area contributed by atoms with E-state index in [-0.39, 0.29) is 5.82 Å². The largest absolute Gasteiger partial charge is 0.247 e. The van der Waals surface area contributed by atoms with Gasteiger partial charge in [-0.1, -0.05) is 29.5 Å². The predicted molar refractivity (Wildman–Crippen MR) is 79.6 cm³/mol. The van der Waals surface area contributed by atoms with Gasteiger partial charge in [0, 0.05) is 5.56 Å². The quantitative estimate of drug-likeness (QED) is 0.845. The molecule has 1 aliphatic carbocycles. The molecule has 0 radical (unpaired) electrons. The molecule has 0 aliphatic heterocycles. The van der Waals surface area contributed by atoms with Crippen molar-refractivity contribution in [2.75, 3.05) is 0 Å². The lowest BCUT2D eigenvalue weighted by molar-refractivity contribution is 0.621. The summed E-state index contributed by atoms with van der Waals surface area (Å²) in [5.41, 5.74) is 2.64. The number of halogens is 2. The van der Waals surface area contributed by atoms with Crippen molar-refractivity contribution in [3.05, 3.63) is 58.5 Å². The van der Waals surface area contributed by atoms with Gasteiger partial charge in [0.1, 0.15) is 11.5 Å². The Morgan fingerprint density at radius 3 is 2.95 bits per heavy atom. The van der Waals surface area contributed by atoms with Crippen molar-refractivity contribution < 1.29 is 4.39 Å². The van der Waals surface area contributed by atoms with E-state index < -0.39 is 0 Å². The molecule has 0 amide bonds. The summed E-state index contributed by atoms with van der Waals surface area (Å²) in [6.45, 7) is 0.697. The molecule has 1 aromatic heterocycles. The molecule has 20 heavy (non-hydrogen) atoms. The van der Waals surface area contributed by atoms with Crippen LogP contribution in [0.15, 0.2) is 52.7 Å². The number of hydrogen-bond donors (Lipinski definition) is 0. The first-order valence-electron chi connectivity index (χ1n) is 6.43. The molecule has 2 aromatic rings. The highest BCUT2D eigenvalue weighted by Gasteiger charge is 2.08. The second-order valence-electron chi connectivity index (χ2n) is 4.69. The zero-order chi connectivity index (χ0) is 13.9. The van der Waals surface area contributed by atoms with Gasteiger partial charge in [-0.25, -0.2) is 9.07 Å². The van der Waals surface area contributed by atoms with E-state index in [0.29, 0.717) is 16.7 Å². The first-order valence-corrected chi connectivity index (χ1v) is 7.23. The maximum absolute atomic E-state index is 13.5. The minimum absolute atomic E-state index is 0.296. The van der Waals surface area contributed by atoms with Crippen LogP contribution in [-0.2, 0) is 6.54 Å². The summed E-state index contributed by atoms with van der Waals surface area (Å²) >= 11 is 3.14. The number of nitrogens with zero attached hydrogens (tertiary/aromatic N) is 3. The van der Waals surface area contributed by atoms with Gasteiger partial charge in [-0.2, -0.15) is 0 Å². The monoisotopic (exact) mass is 333 g/mol. The Hall–Kier alpha value is -1.75. The zero-order valence-corrected chi connectivity index (χ0v) is 12.3. The van der Waals surface area contributed by atoms with Crippen molar-refractivity contribution in [3.8, 4) is 11.3 Å². The first-order chi connectivity index (χ1) is 9.72. The number of rotatable bonds is 3. The third-order valence-corrected chi connectivity index (χ3v) is 3.81. The third-order valence-electron chi connectivity index (χ3n) is 3.17. The molecular formula is C15H13BrFN3. The predicted octanol–water partition coefficient (Wildman–Crippen LogP) is 4.12. The lowest BCUT2D eigenvalue weighted by atomic mass is 10.1. The van der Waals surface area contributed by atoms with Crippen LogP contribution in [0.2, 0.25) is 0 Å². The van der Waals surface area contributed by atoms with Gasteiger partial charge in [-0.3, -0.25) is 0 Å². The summed E-state index contributed by atoms with van der Waals surface area (Å²) in [6, 6.07) is 4.95. The van der Waals surface area contributed by atoms with E-state index in [2.05, 4.69) is 44.5 Å². The van der Waals surface area contributed by atoms with Crippen LogP contribution in [0.1, 0.15) is 12.8 Å². The van der Waals surface area contributed by atoms with Crippen LogP contribution in [-0.4, -0.2) is 15.0 Å². The summed E-state index contributed by atoms with van der Waals surface area (Å²) in [6.07, 6.45) is 10.5. The van der Waals surface area contributed by atoms with Gasteiger partial charge in [0.25, 0.3) is 0 Å². The summed E-state index contributed by atoms with van der Waals surface area (Å²) in [5.74, 6) is -0.296. The highest BCUT2D eigenvalue weighted by molar-refractivity contribution is 9.10. The molecule has 0 fully saturated rings. The van der Waals surface area contributed by atoms with Crippen molar-refractivity contribution in [2.24, 2.45) is 0 Å². The minimum Gasteiger partial charge on any atom is -0.247 e. The number of allylic oxidation sites excluding steroid dienone is 4. The van der Waals surface area contributed by atoms with Crippen LogP contribution in [0.5, 0.6) is 0 Å². The van der Waals surface area contributed by atoms with Crippen molar-refractivity contribution in [1.29, 1.82) is 0 Å². The standard InChI is InChI=1S/C15H13BrFN3/c16-13-7-6-12(8-14(13)17)15-10-20(19-18-15)9-11-4-2-1-3-5-11/h2,4-8,10H,1,3,9H2. The van der Waals surface area contributed by atoms with Gasteiger partial charge >= 0.3 is 0 Å². The Kier molecular flexibility index (Phi) is 3.78. The van der Waals surface area contributed by atoms with E-state index in [1.54, 1.807) is 10.7 Å². The molecule has 1 aromatic carbocycles. The Bertz CT molecular complexity index is 688. The SMILES string of the molecule is Fc1cc(-c2cn(CC3=CCCC=C3)nn2)ccc1Br. The molecule has 1 aliphatic rings. The van der Waals surface area contributed by atoms with Crippen molar-refractivity contribution in [3.63, 3.8) is 0 Å². The number of aromatic nitrogens is 3. The maximum atomic E-state index is 13.5. The summed E-state index contributed by atoms with van der Waals surface area (Å²) in [4.78, 5) is 0. The molecule has 0 bridgehead atoms. The van der Waals surface area contributed by atoms with Gasteiger partial charge in [-0.05, 0) is 46.5 Å². The van der Waals surface area contributed by atoms with Crippen LogP contribution in [0.3, 0.4) is 0 Å². The van der Waals surface area contributed by atoms with Crippen LogP contribution < -0.4 is 0 Å². The van der Waals surface area contributed by atoms with Crippen LogP contribution in [0, 0.1) is 5.82 Å². The maximum Gasteiger partial charge on any atom is 0.138 e. The molecule has 0 spiro atoms. The zero-order valence-electron chi connectivity index (χ0n) is 10.8. The highest BCUT2D eigenvalue weighted by Crippen LogP contribution is 2.23. The van der Waals surface area contributed by atoms with Crippen molar-refractivity contribution in [2.45, 2.75) is 19.4 Å². The summed E-state index contributed by atoms with van der Waals surface area (Å²) < 4.78 is 15.7. The molecule has 0 unspecified atom stereocenters. The van der Waals surface area contributed by atoms with Crippen LogP contribution in [0.4, 0.5) is 4.39 Å². The molecule has 3 nitrogen and oxygen atoms in total.